The Morgan fingerprint density at radius 1 is 1.27 bits per heavy atom. The Hall–Kier alpha value is -0.340. The van der Waals surface area contributed by atoms with Crippen LogP contribution in [0.5, 0.6) is 0 Å². The maximum atomic E-state index is 3.80. The van der Waals surface area contributed by atoms with Crippen molar-refractivity contribution in [2.24, 2.45) is 0 Å². The molecule has 0 nitrogen and oxygen atoms in total. The molecule has 0 saturated heterocycles. The van der Waals surface area contributed by atoms with Crippen molar-refractivity contribution >= 4 is 37.4 Å². The first-order chi connectivity index (χ1) is 7.27. The lowest BCUT2D eigenvalue weighted by Gasteiger charge is -2.23. The van der Waals surface area contributed by atoms with E-state index >= 15 is 0 Å². The van der Waals surface area contributed by atoms with Gasteiger partial charge in [-0.2, -0.15) is 0 Å². The minimum atomic E-state index is 0.584. The predicted octanol–water partition coefficient (Wildman–Crippen LogP) is 5.23. The van der Waals surface area contributed by atoms with E-state index in [-0.39, 0.29) is 0 Å². The largest absolute Gasteiger partial charge is 0.139 e. The molecule has 1 aliphatic rings. The summed E-state index contributed by atoms with van der Waals surface area (Å²) in [6, 6.07) is 8.80. The minimum Gasteiger partial charge on any atom is -0.139 e. The highest BCUT2D eigenvalue weighted by molar-refractivity contribution is 9.09. The van der Waals surface area contributed by atoms with E-state index in [1.165, 1.54) is 22.9 Å². The number of halogens is 1. The first-order valence-electron chi connectivity index (χ1n) is 5.43. The van der Waals surface area contributed by atoms with Gasteiger partial charge in [0.05, 0.1) is 0 Å². The van der Waals surface area contributed by atoms with E-state index in [9.17, 15) is 0 Å². The molecule has 1 heterocycles. The first kappa shape index (κ1) is 9.86. The molecule has 2 heteroatoms. The van der Waals surface area contributed by atoms with Gasteiger partial charge in [-0.3, -0.25) is 0 Å². The molecule has 78 valence electrons. The Morgan fingerprint density at radius 3 is 2.93 bits per heavy atom. The Labute approximate surface area is 102 Å². The molecule has 0 aliphatic heterocycles. The van der Waals surface area contributed by atoms with Crippen LogP contribution in [0.1, 0.15) is 41.0 Å². The van der Waals surface area contributed by atoms with Crippen LogP contribution in [-0.2, 0) is 0 Å². The number of hydrogen-bond donors (Lipinski definition) is 0. The monoisotopic (exact) mass is 280 g/mol. The van der Waals surface area contributed by atoms with Crippen molar-refractivity contribution in [3.63, 3.8) is 0 Å². The summed E-state index contributed by atoms with van der Waals surface area (Å²) in [6.07, 6.45) is 2.59. The molecule has 0 spiro atoms. The summed E-state index contributed by atoms with van der Waals surface area (Å²) in [4.78, 5) is 2.15. The molecular formula is C13H13BrS. The molecule has 0 amide bonds. The number of benzene rings is 1. The summed E-state index contributed by atoms with van der Waals surface area (Å²) in [7, 11) is 0. The van der Waals surface area contributed by atoms with Crippen molar-refractivity contribution in [1.29, 1.82) is 0 Å². The van der Waals surface area contributed by atoms with Gasteiger partial charge in [-0.15, -0.1) is 11.3 Å². The normalized spacial score (nSPS) is 25.5. The SMILES string of the molecule is CC1CCC(Br)c2sc3ccccc3c21. The van der Waals surface area contributed by atoms with E-state index in [0.29, 0.717) is 4.83 Å². The van der Waals surface area contributed by atoms with E-state index in [1.54, 1.807) is 10.4 Å². The number of thiophene rings is 1. The molecule has 1 aromatic heterocycles. The third kappa shape index (κ3) is 1.46. The molecule has 2 atom stereocenters. The van der Waals surface area contributed by atoms with Gasteiger partial charge in [0, 0.05) is 14.4 Å². The van der Waals surface area contributed by atoms with Gasteiger partial charge in [-0.05, 0) is 35.8 Å². The summed E-state index contributed by atoms with van der Waals surface area (Å²) in [5, 5.41) is 1.48. The summed E-state index contributed by atoms with van der Waals surface area (Å²) in [6.45, 7) is 2.36. The van der Waals surface area contributed by atoms with Crippen molar-refractivity contribution in [1.82, 2.24) is 0 Å². The second kappa shape index (κ2) is 3.60. The van der Waals surface area contributed by atoms with Gasteiger partial charge in [-0.25, -0.2) is 0 Å². The summed E-state index contributed by atoms with van der Waals surface area (Å²) < 4.78 is 1.45. The van der Waals surface area contributed by atoms with Gasteiger partial charge in [-0.1, -0.05) is 41.1 Å². The van der Waals surface area contributed by atoms with Crippen molar-refractivity contribution < 1.29 is 0 Å². The van der Waals surface area contributed by atoms with Crippen LogP contribution in [0, 0.1) is 0 Å². The molecular weight excluding hydrogens is 268 g/mol. The van der Waals surface area contributed by atoms with Crippen LogP contribution in [-0.4, -0.2) is 0 Å². The first-order valence-corrected chi connectivity index (χ1v) is 7.16. The Kier molecular flexibility index (Phi) is 2.37. The topological polar surface area (TPSA) is 0 Å². The predicted molar refractivity (Wildman–Crippen MR) is 71.1 cm³/mol. The average Bonchev–Trinajstić information content (AvgIpc) is 2.64. The zero-order valence-corrected chi connectivity index (χ0v) is 11.1. The Morgan fingerprint density at radius 2 is 2.07 bits per heavy atom. The van der Waals surface area contributed by atoms with Crippen LogP contribution >= 0.6 is 27.3 Å². The highest BCUT2D eigenvalue weighted by Crippen LogP contribution is 2.49. The van der Waals surface area contributed by atoms with Gasteiger partial charge in [0.25, 0.3) is 0 Å². The van der Waals surface area contributed by atoms with Crippen LogP contribution < -0.4 is 0 Å². The molecule has 1 aliphatic carbocycles. The van der Waals surface area contributed by atoms with E-state index in [0.717, 1.165) is 5.92 Å². The van der Waals surface area contributed by atoms with Crippen LogP contribution in [0.4, 0.5) is 0 Å². The minimum absolute atomic E-state index is 0.584. The van der Waals surface area contributed by atoms with E-state index in [4.69, 9.17) is 0 Å². The third-order valence-corrected chi connectivity index (χ3v) is 5.81. The fourth-order valence-corrected chi connectivity index (χ4v) is 4.63. The lowest BCUT2D eigenvalue weighted by Crippen LogP contribution is -2.05. The van der Waals surface area contributed by atoms with Crippen molar-refractivity contribution in [3.05, 3.63) is 34.7 Å². The average molecular weight is 281 g/mol. The smallest absolute Gasteiger partial charge is 0.0492 e. The lowest BCUT2D eigenvalue weighted by molar-refractivity contribution is 0.599. The molecule has 15 heavy (non-hydrogen) atoms. The molecule has 0 saturated carbocycles. The highest BCUT2D eigenvalue weighted by atomic mass is 79.9. The molecule has 2 unspecified atom stereocenters. The van der Waals surface area contributed by atoms with Crippen molar-refractivity contribution in [2.75, 3.05) is 0 Å². The second-order valence-electron chi connectivity index (χ2n) is 4.32. The molecule has 2 aromatic rings. The fourth-order valence-electron chi connectivity index (χ4n) is 2.50. The molecule has 0 bridgehead atoms. The zero-order valence-electron chi connectivity index (χ0n) is 8.66. The van der Waals surface area contributed by atoms with Gasteiger partial charge >= 0.3 is 0 Å². The van der Waals surface area contributed by atoms with Crippen molar-refractivity contribution in [3.8, 4) is 0 Å². The second-order valence-corrected chi connectivity index (χ2v) is 6.51. The molecule has 0 N–H and O–H groups in total. The molecule has 3 rings (SSSR count). The highest BCUT2D eigenvalue weighted by Gasteiger charge is 2.26. The van der Waals surface area contributed by atoms with E-state index in [1.807, 2.05) is 11.3 Å². The number of alkyl halides is 1. The van der Waals surface area contributed by atoms with Crippen molar-refractivity contribution in [2.45, 2.75) is 30.5 Å². The van der Waals surface area contributed by atoms with Crippen LogP contribution in [0.25, 0.3) is 10.1 Å². The van der Waals surface area contributed by atoms with Gasteiger partial charge < -0.3 is 0 Å². The Balaban J connectivity index is 2.34. The van der Waals surface area contributed by atoms with Crippen LogP contribution in [0.3, 0.4) is 0 Å². The van der Waals surface area contributed by atoms with Crippen LogP contribution in [0.2, 0.25) is 0 Å². The maximum Gasteiger partial charge on any atom is 0.0492 e. The van der Waals surface area contributed by atoms with Gasteiger partial charge in [0.15, 0.2) is 0 Å². The zero-order chi connectivity index (χ0) is 10.4. The molecule has 1 aromatic carbocycles. The summed E-state index contributed by atoms with van der Waals surface area (Å²) in [5.74, 6) is 0.727. The molecule has 0 fully saturated rings. The quantitative estimate of drug-likeness (QED) is 0.580. The summed E-state index contributed by atoms with van der Waals surface area (Å²) in [5.41, 5.74) is 1.60. The summed E-state index contributed by atoms with van der Waals surface area (Å²) >= 11 is 5.77. The maximum absolute atomic E-state index is 3.80. The van der Waals surface area contributed by atoms with Crippen LogP contribution in [0.15, 0.2) is 24.3 Å². The standard InChI is InChI=1S/C13H13BrS/c1-8-6-7-10(14)13-12(8)9-4-2-3-5-11(9)15-13/h2-5,8,10H,6-7H2,1H3. The third-order valence-electron chi connectivity index (χ3n) is 3.29. The van der Waals surface area contributed by atoms with Gasteiger partial charge in [0.1, 0.15) is 0 Å². The van der Waals surface area contributed by atoms with E-state index in [2.05, 4.69) is 47.1 Å². The number of hydrogen-bond acceptors (Lipinski definition) is 1. The fraction of sp³-hybridized carbons (Fsp3) is 0.385. The Bertz CT molecular complexity index is 500. The van der Waals surface area contributed by atoms with E-state index < -0.39 is 0 Å². The number of fused-ring (bicyclic) bond motifs is 3. The number of rotatable bonds is 0. The molecule has 0 radical (unpaired) electrons. The lowest BCUT2D eigenvalue weighted by atomic mass is 9.87. The van der Waals surface area contributed by atoms with Gasteiger partial charge in [0.2, 0.25) is 0 Å².